The lowest BCUT2D eigenvalue weighted by Crippen LogP contribution is -2.19. The number of ether oxygens (including phenoxy) is 4. The maximum Gasteiger partial charge on any atom is 0.271 e. The smallest absolute Gasteiger partial charge is 0.271 e. The first-order chi connectivity index (χ1) is 17.5. The topological polar surface area (TPSA) is 120 Å². The first-order valence-electron chi connectivity index (χ1n) is 10.7. The standard InChI is InChI=1S/C26H26N4O6/c1-33-21-9-5-7-19(23(21)35-3)15-27-29-25(31)17-11-13-18(14-12-17)26(32)30-28-16-20-8-6-10-22(34-2)24(20)36-4/h5-16H,1-4H3,(H,29,31)(H,30,32). The van der Waals surface area contributed by atoms with Crippen LogP contribution in [0.1, 0.15) is 31.8 Å². The molecule has 0 aromatic heterocycles. The number of amides is 2. The van der Waals surface area contributed by atoms with Crippen LogP contribution in [0, 0.1) is 0 Å². The molecule has 3 aromatic rings. The molecule has 3 rings (SSSR count). The number of hydrazone groups is 2. The third-order valence-electron chi connectivity index (χ3n) is 5.02. The van der Waals surface area contributed by atoms with E-state index in [0.717, 1.165) is 0 Å². The number of methoxy groups -OCH3 is 4. The summed E-state index contributed by atoms with van der Waals surface area (Å²) in [4.78, 5) is 24.8. The van der Waals surface area contributed by atoms with Gasteiger partial charge in [-0.25, -0.2) is 10.9 Å². The van der Waals surface area contributed by atoms with E-state index in [1.54, 1.807) is 36.4 Å². The third-order valence-corrected chi connectivity index (χ3v) is 5.02. The first-order valence-corrected chi connectivity index (χ1v) is 10.7. The minimum atomic E-state index is -0.441. The molecule has 36 heavy (non-hydrogen) atoms. The first kappa shape index (κ1) is 25.8. The van der Waals surface area contributed by atoms with Gasteiger partial charge in [0.1, 0.15) is 0 Å². The van der Waals surface area contributed by atoms with Crippen LogP contribution in [0.5, 0.6) is 23.0 Å². The average Bonchev–Trinajstić information content (AvgIpc) is 2.92. The predicted molar refractivity (Wildman–Crippen MR) is 136 cm³/mol. The molecule has 0 unspecified atom stereocenters. The highest BCUT2D eigenvalue weighted by atomic mass is 16.5. The number of hydrogen-bond donors (Lipinski definition) is 2. The Bertz CT molecular complexity index is 1170. The van der Waals surface area contributed by atoms with Crippen LogP contribution < -0.4 is 29.8 Å². The third kappa shape index (κ3) is 6.17. The minimum absolute atomic E-state index is 0.325. The summed E-state index contributed by atoms with van der Waals surface area (Å²) in [5, 5.41) is 7.96. The SMILES string of the molecule is COc1cccc(C=NNC(=O)c2ccc(C(=O)NN=Cc3cccc(OC)c3OC)cc2)c1OC. The summed E-state index contributed by atoms with van der Waals surface area (Å²) in [5.74, 6) is 1.22. The van der Waals surface area contributed by atoms with Crippen LogP contribution in [0.25, 0.3) is 0 Å². The Hall–Kier alpha value is -4.86. The van der Waals surface area contributed by atoms with E-state index < -0.39 is 11.8 Å². The second-order valence-corrected chi connectivity index (χ2v) is 7.14. The number of hydrogen-bond acceptors (Lipinski definition) is 8. The average molecular weight is 491 g/mol. The molecule has 0 fully saturated rings. The van der Waals surface area contributed by atoms with E-state index in [1.165, 1.54) is 65.1 Å². The number of nitrogens with zero attached hydrogens (tertiary/aromatic N) is 2. The molecule has 0 aliphatic rings. The second-order valence-electron chi connectivity index (χ2n) is 7.14. The van der Waals surface area contributed by atoms with Gasteiger partial charge < -0.3 is 18.9 Å². The zero-order chi connectivity index (χ0) is 25.9. The van der Waals surface area contributed by atoms with Crippen molar-refractivity contribution in [3.63, 3.8) is 0 Å². The molecule has 0 spiro atoms. The van der Waals surface area contributed by atoms with Gasteiger partial charge in [-0.3, -0.25) is 9.59 Å². The molecule has 0 aliphatic heterocycles. The van der Waals surface area contributed by atoms with Gasteiger partial charge in [0.25, 0.3) is 11.8 Å². The number of benzene rings is 3. The monoisotopic (exact) mass is 490 g/mol. The fraction of sp³-hybridized carbons (Fsp3) is 0.154. The van der Waals surface area contributed by atoms with E-state index in [2.05, 4.69) is 21.1 Å². The van der Waals surface area contributed by atoms with Gasteiger partial charge in [-0.1, -0.05) is 12.1 Å². The van der Waals surface area contributed by atoms with Crippen molar-refractivity contribution in [1.82, 2.24) is 10.9 Å². The molecule has 2 N–H and O–H groups in total. The molecular formula is C26H26N4O6. The Labute approximate surface area is 208 Å². The van der Waals surface area contributed by atoms with Crippen LogP contribution in [0.2, 0.25) is 0 Å². The maximum atomic E-state index is 12.4. The van der Waals surface area contributed by atoms with Crippen LogP contribution in [-0.4, -0.2) is 52.7 Å². The number of para-hydroxylation sites is 2. The van der Waals surface area contributed by atoms with Gasteiger partial charge in [0.2, 0.25) is 0 Å². The highest BCUT2D eigenvalue weighted by Gasteiger charge is 2.11. The molecule has 0 saturated heterocycles. The number of rotatable bonds is 10. The van der Waals surface area contributed by atoms with Gasteiger partial charge in [0.05, 0.1) is 40.9 Å². The molecule has 10 nitrogen and oxygen atoms in total. The summed E-state index contributed by atoms with van der Waals surface area (Å²) in [6, 6.07) is 16.7. The number of carbonyl (C=O) groups is 2. The van der Waals surface area contributed by atoms with Crippen molar-refractivity contribution in [2.24, 2.45) is 10.2 Å². The van der Waals surface area contributed by atoms with Crippen molar-refractivity contribution in [2.45, 2.75) is 0 Å². The molecule has 186 valence electrons. The molecule has 10 heteroatoms. The molecule has 0 saturated carbocycles. The molecule has 2 amide bonds. The highest BCUT2D eigenvalue weighted by Crippen LogP contribution is 2.30. The lowest BCUT2D eigenvalue weighted by atomic mass is 10.1. The maximum absolute atomic E-state index is 12.4. The summed E-state index contributed by atoms with van der Waals surface area (Å²) in [5.41, 5.74) is 6.81. The van der Waals surface area contributed by atoms with Crippen LogP contribution in [0.3, 0.4) is 0 Å². The van der Waals surface area contributed by atoms with E-state index >= 15 is 0 Å². The van der Waals surface area contributed by atoms with Gasteiger partial charge in [0, 0.05) is 22.3 Å². The molecule has 0 radical (unpaired) electrons. The van der Waals surface area contributed by atoms with Gasteiger partial charge in [-0.2, -0.15) is 10.2 Å². The second kappa shape index (κ2) is 12.6. The van der Waals surface area contributed by atoms with Gasteiger partial charge in [-0.05, 0) is 48.5 Å². The number of carbonyl (C=O) groups excluding carboxylic acids is 2. The predicted octanol–water partition coefficient (Wildman–Crippen LogP) is 3.25. The van der Waals surface area contributed by atoms with E-state index in [-0.39, 0.29) is 0 Å². The summed E-state index contributed by atoms with van der Waals surface area (Å²) < 4.78 is 21.2. The van der Waals surface area contributed by atoms with Gasteiger partial charge >= 0.3 is 0 Å². The molecule has 0 heterocycles. The molecule has 0 aliphatic carbocycles. The van der Waals surface area contributed by atoms with Crippen molar-refractivity contribution >= 4 is 24.2 Å². The van der Waals surface area contributed by atoms with Crippen molar-refractivity contribution in [3.8, 4) is 23.0 Å². The van der Waals surface area contributed by atoms with Crippen molar-refractivity contribution in [3.05, 3.63) is 82.9 Å². The molecule has 3 aromatic carbocycles. The molecule has 0 atom stereocenters. The summed E-state index contributed by atoms with van der Waals surface area (Å²) in [6.07, 6.45) is 2.91. The van der Waals surface area contributed by atoms with E-state index in [0.29, 0.717) is 45.3 Å². The zero-order valence-electron chi connectivity index (χ0n) is 20.3. The van der Waals surface area contributed by atoms with E-state index in [1.807, 2.05) is 0 Å². The largest absolute Gasteiger partial charge is 0.493 e. The van der Waals surface area contributed by atoms with Crippen LogP contribution in [0.4, 0.5) is 0 Å². The highest BCUT2D eigenvalue weighted by molar-refractivity contribution is 5.98. The Balaban J connectivity index is 1.60. The van der Waals surface area contributed by atoms with Crippen LogP contribution in [0.15, 0.2) is 70.9 Å². The van der Waals surface area contributed by atoms with Crippen molar-refractivity contribution < 1.29 is 28.5 Å². The van der Waals surface area contributed by atoms with Crippen LogP contribution >= 0.6 is 0 Å². The van der Waals surface area contributed by atoms with Gasteiger partial charge in [-0.15, -0.1) is 0 Å². The molecule has 0 bridgehead atoms. The van der Waals surface area contributed by atoms with E-state index in [9.17, 15) is 9.59 Å². The Morgan fingerprint density at radius 3 is 1.33 bits per heavy atom. The summed E-state index contributed by atoms with van der Waals surface area (Å²) >= 11 is 0. The Morgan fingerprint density at radius 2 is 1.00 bits per heavy atom. The number of nitrogens with one attached hydrogen (secondary N) is 2. The fourth-order valence-corrected chi connectivity index (χ4v) is 3.25. The lowest BCUT2D eigenvalue weighted by molar-refractivity contribution is 0.0943. The summed E-state index contributed by atoms with van der Waals surface area (Å²) in [7, 11) is 6.11. The fourth-order valence-electron chi connectivity index (χ4n) is 3.25. The van der Waals surface area contributed by atoms with Crippen molar-refractivity contribution in [1.29, 1.82) is 0 Å². The van der Waals surface area contributed by atoms with Crippen LogP contribution in [-0.2, 0) is 0 Å². The summed E-state index contributed by atoms with van der Waals surface area (Å²) in [6.45, 7) is 0. The van der Waals surface area contributed by atoms with Crippen molar-refractivity contribution in [2.75, 3.05) is 28.4 Å². The van der Waals surface area contributed by atoms with E-state index in [4.69, 9.17) is 18.9 Å². The Kier molecular flexibility index (Phi) is 8.99. The molecular weight excluding hydrogens is 464 g/mol. The van der Waals surface area contributed by atoms with Gasteiger partial charge in [0.15, 0.2) is 23.0 Å². The zero-order valence-corrected chi connectivity index (χ0v) is 20.3. The quantitative estimate of drug-likeness (QED) is 0.333. The lowest BCUT2D eigenvalue weighted by Gasteiger charge is -2.09. The minimum Gasteiger partial charge on any atom is -0.493 e. The Morgan fingerprint density at radius 1 is 0.611 bits per heavy atom. The normalized spacial score (nSPS) is 10.8.